The highest BCUT2D eigenvalue weighted by Gasteiger charge is 2.22. The molecule has 4 nitrogen and oxygen atoms in total. The van der Waals surface area contributed by atoms with Gasteiger partial charge in [-0.2, -0.15) is 0 Å². The van der Waals surface area contributed by atoms with Crippen molar-refractivity contribution in [3.8, 4) is 0 Å². The highest BCUT2D eigenvalue weighted by atomic mass is 16.5. The van der Waals surface area contributed by atoms with Crippen LogP contribution in [0, 0.1) is 0 Å². The fourth-order valence-corrected chi connectivity index (χ4v) is 2.61. The van der Waals surface area contributed by atoms with Gasteiger partial charge in [0.25, 0.3) is 0 Å². The van der Waals surface area contributed by atoms with Gasteiger partial charge < -0.3 is 9.84 Å². The molecule has 1 aliphatic heterocycles. The first-order valence-electron chi connectivity index (χ1n) is 7.50. The zero-order chi connectivity index (χ0) is 15.5. The van der Waals surface area contributed by atoms with Crippen LogP contribution in [0.25, 0.3) is 0 Å². The third-order valence-corrected chi connectivity index (χ3v) is 3.85. The molecule has 1 aromatic rings. The lowest BCUT2D eigenvalue weighted by Crippen LogP contribution is -2.42. The molecule has 0 aromatic heterocycles. The Kier molecular flexibility index (Phi) is 5.01. The van der Waals surface area contributed by atoms with Crippen LogP contribution in [0.15, 0.2) is 24.3 Å². The summed E-state index contributed by atoms with van der Waals surface area (Å²) in [5.41, 5.74) is 2.76. The first kappa shape index (κ1) is 16.0. The van der Waals surface area contributed by atoms with Crippen LogP contribution in [-0.4, -0.2) is 41.8 Å². The standard InChI is InChI=1S/C17H25NO3/c1-17(2,3)14-6-4-13(5-7-14)11-18-8-9-21-15(12-18)10-16(19)20/h4-7,15H,8-12H2,1-3H3,(H,19,20). The number of ether oxygens (including phenoxy) is 1. The monoisotopic (exact) mass is 291 g/mol. The number of aliphatic carboxylic acids is 1. The van der Waals surface area contributed by atoms with Crippen molar-refractivity contribution in [2.45, 2.75) is 45.3 Å². The maximum Gasteiger partial charge on any atom is 0.306 e. The van der Waals surface area contributed by atoms with E-state index in [1.54, 1.807) is 0 Å². The molecule has 1 N–H and O–H groups in total. The number of hydrogen-bond acceptors (Lipinski definition) is 3. The van der Waals surface area contributed by atoms with E-state index in [0.717, 1.165) is 13.1 Å². The van der Waals surface area contributed by atoms with Gasteiger partial charge in [-0.25, -0.2) is 0 Å². The van der Waals surface area contributed by atoms with Crippen molar-refractivity contribution in [2.24, 2.45) is 0 Å². The van der Waals surface area contributed by atoms with E-state index < -0.39 is 5.97 Å². The zero-order valence-corrected chi connectivity index (χ0v) is 13.1. The van der Waals surface area contributed by atoms with Crippen LogP contribution in [-0.2, 0) is 21.5 Å². The molecule has 116 valence electrons. The van der Waals surface area contributed by atoms with Gasteiger partial charge in [-0.15, -0.1) is 0 Å². The highest BCUT2D eigenvalue weighted by molar-refractivity contribution is 5.67. The number of carbonyl (C=O) groups is 1. The summed E-state index contributed by atoms with van der Waals surface area (Å²) in [5, 5.41) is 8.85. The van der Waals surface area contributed by atoms with Crippen LogP contribution in [0.3, 0.4) is 0 Å². The second kappa shape index (κ2) is 6.58. The van der Waals surface area contributed by atoms with E-state index in [1.165, 1.54) is 11.1 Å². The number of carboxylic acids is 1. The quantitative estimate of drug-likeness (QED) is 0.926. The Bertz CT molecular complexity index is 476. The smallest absolute Gasteiger partial charge is 0.306 e. The van der Waals surface area contributed by atoms with E-state index >= 15 is 0 Å². The third kappa shape index (κ3) is 4.83. The van der Waals surface area contributed by atoms with Gasteiger partial charge in [0, 0.05) is 19.6 Å². The van der Waals surface area contributed by atoms with Crippen molar-refractivity contribution >= 4 is 5.97 Å². The summed E-state index contributed by atoms with van der Waals surface area (Å²) >= 11 is 0. The lowest BCUT2D eigenvalue weighted by molar-refractivity contribution is -0.142. The number of rotatable bonds is 4. The maximum absolute atomic E-state index is 10.8. The first-order valence-corrected chi connectivity index (χ1v) is 7.50. The average molecular weight is 291 g/mol. The first-order chi connectivity index (χ1) is 9.84. The summed E-state index contributed by atoms with van der Waals surface area (Å²) in [6.07, 6.45) is -0.107. The molecule has 1 atom stereocenters. The molecule has 0 aliphatic carbocycles. The summed E-state index contributed by atoms with van der Waals surface area (Å²) in [4.78, 5) is 13.0. The minimum absolute atomic E-state index is 0.0828. The number of carboxylic acid groups (broad SMARTS) is 1. The van der Waals surface area contributed by atoms with Gasteiger partial charge in [-0.1, -0.05) is 45.0 Å². The summed E-state index contributed by atoms with van der Waals surface area (Å²) in [6.45, 7) is 9.63. The van der Waals surface area contributed by atoms with Crippen molar-refractivity contribution in [2.75, 3.05) is 19.7 Å². The Morgan fingerprint density at radius 3 is 2.57 bits per heavy atom. The number of morpholine rings is 1. The predicted octanol–water partition coefficient (Wildman–Crippen LogP) is 2.66. The number of benzene rings is 1. The number of nitrogens with zero attached hydrogens (tertiary/aromatic N) is 1. The maximum atomic E-state index is 10.8. The molecular formula is C17H25NO3. The van der Waals surface area contributed by atoms with Crippen LogP contribution in [0.2, 0.25) is 0 Å². The Labute approximate surface area is 126 Å². The van der Waals surface area contributed by atoms with Gasteiger partial charge in [-0.3, -0.25) is 9.69 Å². The summed E-state index contributed by atoms with van der Waals surface area (Å²) in [5.74, 6) is -0.795. The zero-order valence-electron chi connectivity index (χ0n) is 13.1. The molecule has 0 bridgehead atoms. The topological polar surface area (TPSA) is 49.8 Å². The SMILES string of the molecule is CC(C)(C)c1ccc(CN2CCOC(CC(=O)O)C2)cc1. The fraction of sp³-hybridized carbons (Fsp3) is 0.588. The molecule has 21 heavy (non-hydrogen) atoms. The molecule has 1 fully saturated rings. The third-order valence-electron chi connectivity index (χ3n) is 3.85. The van der Waals surface area contributed by atoms with Crippen LogP contribution in [0.4, 0.5) is 0 Å². The molecule has 1 saturated heterocycles. The van der Waals surface area contributed by atoms with Gasteiger partial charge in [0.2, 0.25) is 0 Å². The molecule has 1 aromatic carbocycles. The van der Waals surface area contributed by atoms with E-state index in [-0.39, 0.29) is 17.9 Å². The van der Waals surface area contributed by atoms with Crippen molar-refractivity contribution in [1.82, 2.24) is 4.90 Å². The van der Waals surface area contributed by atoms with Crippen molar-refractivity contribution in [1.29, 1.82) is 0 Å². The molecule has 0 radical (unpaired) electrons. The lowest BCUT2D eigenvalue weighted by Gasteiger charge is -2.32. The Morgan fingerprint density at radius 1 is 1.33 bits per heavy atom. The predicted molar refractivity (Wildman–Crippen MR) is 82.4 cm³/mol. The minimum Gasteiger partial charge on any atom is -0.481 e. The Balaban J connectivity index is 1.93. The Hall–Kier alpha value is -1.39. The molecule has 0 saturated carbocycles. The van der Waals surface area contributed by atoms with Gasteiger partial charge in [-0.05, 0) is 16.5 Å². The van der Waals surface area contributed by atoms with E-state index in [1.807, 2.05) is 0 Å². The van der Waals surface area contributed by atoms with Gasteiger partial charge in [0.15, 0.2) is 0 Å². The van der Waals surface area contributed by atoms with Crippen LogP contribution >= 0.6 is 0 Å². The van der Waals surface area contributed by atoms with E-state index in [4.69, 9.17) is 9.84 Å². The van der Waals surface area contributed by atoms with Crippen molar-refractivity contribution in [3.05, 3.63) is 35.4 Å². The molecule has 1 unspecified atom stereocenters. The van der Waals surface area contributed by atoms with Crippen LogP contribution in [0.5, 0.6) is 0 Å². The molecule has 2 rings (SSSR count). The van der Waals surface area contributed by atoms with Gasteiger partial charge in [0.05, 0.1) is 19.1 Å². The molecule has 4 heteroatoms. The molecule has 0 amide bonds. The summed E-state index contributed by atoms with van der Waals surface area (Å²) < 4.78 is 5.50. The highest BCUT2D eigenvalue weighted by Crippen LogP contribution is 2.22. The van der Waals surface area contributed by atoms with E-state index in [2.05, 4.69) is 49.9 Å². The van der Waals surface area contributed by atoms with Crippen molar-refractivity contribution < 1.29 is 14.6 Å². The van der Waals surface area contributed by atoms with Crippen LogP contribution in [0.1, 0.15) is 38.3 Å². The second-order valence-electron chi connectivity index (χ2n) is 6.77. The summed E-state index contributed by atoms with van der Waals surface area (Å²) in [7, 11) is 0. The molecule has 1 aliphatic rings. The minimum atomic E-state index is -0.795. The van der Waals surface area contributed by atoms with Crippen LogP contribution < -0.4 is 0 Å². The lowest BCUT2D eigenvalue weighted by atomic mass is 9.87. The largest absolute Gasteiger partial charge is 0.481 e. The summed E-state index contributed by atoms with van der Waals surface area (Å²) in [6, 6.07) is 8.71. The average Bonchev–Trinajstić information content (AvgIpc) is 2.38. The van der Waals surface area contributed by atoms with E-state index in [0.29, 0.717) is 13.2 Å². The van der Waals surface area contributed by atoms with Gasteiger partial charge >= 0.3 is 5.97 Å². The molecule has 0 spiro atoms. The molecular weight excluding hydrogens is 266 g/mol. The Morgan fingerprint density at radius 2 is 2.00 bits per heavy atom. The second-order valence-corrected chi connectivity index (χ2v) is 6.77. The normalized spacial score (nSPS) is 20.4. The fourth-order valence-electron chi connectivity index (χ4n) is 2.61. The van der Waals surface area contributed by atoms with Gasteiger partial charge in [0.1, 0.15) is 0 Å². The van der Waals surface area contributed by atoms with Crippen molar-refractivity contribution in [3.63, 3.8) is 0 Å². The number of hydrogen-bond donors (Lipinski definition) is 1. The molecule has 1 heterocycles. The van der Waals surface area contributed by atoms with E-state index in [9.17, 15) is 4.79 Å².